The van der Waals surface area contributed by atoms with Gasteiger partial charge in [-0.15, -0.1) is 21.5 Å². The third-order valence-electron chi connectivity index (χ3n) is 5.47. The Hall–Kier alpha value is -3.63. The van der Waals surface area contributed by atoms with E-state index in [0.29, 0.717) is 31.9 Å². The van der Waals surface area contributed by atoms with Crippen LogP contribution in [0.25, 0.3) is 21.3 Å². The topological polar surface area (TPSA) is 113 Å². The van der Waals surface area contributed by atoms with E-state index >= 15 is 0 Å². The van der Waals surface area contributed by atoms with Gasteiger partial charge in [-0.1, -0.05) is 36.4 Å². The number of hydrogen-bond donors (Lipinski definition) is 2. The van der Waals surface area contributed by atoms with E-state index < -0.39 is 0 Å². The molecule has 0 fully saturated rings. The molecule has 0 atom stereocenters. The van der Waals surface area contributed by atoms with Crippen LogP contribution in [0.2, 0.25) is 0 Å². The zero-order chi connectivity index (χ0) is 24.6. The van der Waals surface area contributed by atoms with Crippen LogP contribution in [0.5, 0.6) is 0 Å². The number of nitrogens with one attached hydrogen (secondary N) is 2. The highest BCUT2D eigenvalue weighted by atomic mass is 32.1. The highest BCUT2D eigenvalue weighted by Crippen LogP contribution is 2.29. The van der Waals surface area contributed by atoms with E-state index in [4.69, 9.17) is 4.42 Å². The number of carbonyl (C=O) groups excluding carboxylic acids is 2. The Labute approximate surface area is 207 Å². The van der Waals surface area contributed by atoms with Crippen molar-refractivity contribution in [3.8, 4) is 11.1 Å². The van der Waals surface area contributed by atoms with E-state index in [1.54, 1.807) is 16.2 Å². The second-order valence-corrected chi connectivity index (χ2v) is 9.07. The van der Waals surface area contributed by atoms with Crippen molar-refractivity contribution in [2.45, 2.75) is 19.8 Å². The minimum absolute atomic E-state index is 0.0615. The highest BCUT2D eigenvalue weighted by Gasteiger charge is 2.16. The number of hydrogen-bond acceptors (Lipinski definition) is 8. The van der Waals surface area contributed by atoms with Crippen molar-refractivity contribution in [3.05, 3.63) is 65.3 Å². The standard InChI is InChI=1S/C25H28N6O3S/c1-3-31(12-11-26-2)25(33)16-27-21(32)14-22-29-30-23(34-22)15-24-28-19-10-9-18(13-20(19)35-24)17-7-5-4-6-8-17/h4-10,13,26H,3,11-12,14-16H2,1-2H3,(H,27,32). The van der Waals surface area contributed by atoms with Crippen LogP contribution >= 0.6 is 11.3 Å². The van der Waals surface area contributed by atoms with Crippen LogP contribution in [0, 0.1) is 0 Å². The van der Waals surface area contributed by atoms with E-state index in [9.17, 15) is 9.59 Å². The Morgan fingerprint density at radius 2 is 1.86 bits per heavy atom. The summed E-state index contributed by atoms with van der Waals surface area (Å²) in [5, 5.41) is 14.5. The summed E-state index contributed by atoms with van der Waals surface area (Å²) in [4.78, 5) is 30.8. The summed E-state index contributed by atoms with van der Waals surface area (Å²) in [5.41, 5.74) is 3.22. The van der Waals surface area contributed by atoms with Gasteiger partial charge in [0.05, 0.1) is 23.2 Å². The van der Waals surface area contributed by atoms with Crippen LogP contribution in [-0.4, -0.2) is 65.1 Å². The summed E-state index contributed by atoms with van der Waals surface area (Å²) in [7, 11) is 1.83. The van der Waals surface area contributed by atoms with Crippen molar-refractivity contribution in [1.82, 2.24) is 30.7 Å². The van der Waals surface area contributed by atoms with Crippen LogP contribution in [0.15, 0.2) is 52.9 Å². The summed E-state index contributed by atoms with van der Waals surface area (Å²) in [6, 6.07) is 16.4. The molecule has 0 spiro atoms. The summed E-state index contributed by atoms with van der Waals surface area (Å²) < 4.78 is 6.74. The quantitative estimate of drug-likeness (QED) is 0.331. The molecular formula is C25H28N6O3S. The molecule has 9 nitrogen and oxygen atoms in total. The van der Waals surface area contributed by atoms with E-state index in [1.807, 2.05) is 38.2 Å². The third kappa shape index (κ3) is 6.49. The average molecular weight is 493 g/mol. The van der Waals surface area contributed by atoms with Gasteiger partial charge in [0.1, 0.15) is 11.4 Å². The molecule has 2 aromatic carbocycles. The number of nitrogens with zero attached hydrogens (tertiary/aromatic N) is 4. The molecule has 2 N–H and O–H groups in total. The first-order valence-corrected chi connectivity index (χ1v) is 12.3. The van der Waals surface area contributed by atoms with Crippen LogP contribution in [0.4, 0.5) is 0 Å². The number of amides is 2. The third-order valence-corrected chi connectivity index (χ3v) is 6.48. The molecule has 4 rings (SSSR count). The number of carbonyl (C=O) groups is 2. The summed E-state index contributed by atoms with van der Waals surface area (Å²) >= 11 is 1.58. The molecule has 0 aliphatic carbocycles. The van der Waals surface area contributed by atoms with Gasteiger partial charge in [-0.3, -0.25) is 9.59 Å². The minimum Gasteiger partial charge on any atom is -0.424 e. The maximum atomic E-state index is 12.2. The first-order chi connectivity index (χ1) is 17.1. The lowest BCUT2D eigenvalue weighted by Gasteiger charge is -2.20. The maximum Gasteiger partial charge on any atom is 0.241 e. The van der Waals surface area contributed by atoms with Crippen LogP contribution in [0.1, 0.15) is 23.7 Å². The number of fused-ring (bicyclic) bond motifs is 1. The molecule has 4 aromatic rings. The Kier molecular flexibility index (Phi) is 8.17. The lowest BCUT2D eigenvalue weighted by atomic mass is 10.1. The van der Waals surface area contributed by atoms with Crippen LogP contribution < -0.4 is 10.6 Å². The fourth-order valence-corrected chi connectivity index (χ4v) is 4.61. The number of thiazole rings is 1. The van der Waals surface area contributed by atoms with Gasteiger partial charge in [0, 0.05) is 19.6 Å². The average Bonchev–Trinajstić information content (AvgIpc) is 3.49. The van der Waals surface area contributed by atoms with Gasteiger partial charge < -0.3 is 20.0 Å². The first-order valence-electron chi connectivity index (χ1n) is 11.5. The molecule has 182 valence electrons. The van der Waals surface area contributed by atoms with Gasteiger partial charge in [0.15, 0.2) is 0 Å². The summed E-state index contributed by atoms with van der Waals surface area (Å²) in [5.74, 6) is 0.135. The molecule has 35 heavy (non-hydrogen) atoms. The second-order valence-electron chi connectivity index (χ2n) is 7.95. The van der Waals surface area contributed by atoms with Crippen molar-refractivity contribution < 1.29 is 14.0 Å². The predicted molar refractivity (Wildman–Crippen MR) is 135 cm³/mol. The van der Waals surface area contributed by atoms with E-state index in [-0.39, 0.29) is 30.7 Å². The molecule has 2 aromatic heterocycles. The summed E-state index contributed by atoms with van der Waals surface area (Å²) in [6.45, 7) is 3.72. The molecule has 2 heterocycles. The van der Waals surface area contributed by atoms with Gasteiger partial charge in [0.25, 0.3) is 0 Å². The van der Waals surface area contributed by atoms with Gasteiger partial charge >= 0.3 is 0 Å². The molecule has 0 saturated carbocycles. The Morgan fingerprint density at radius 1 is 1.06 bits per heavy atom. The number of likely N-dealkylation sites (N-methyl/N-ethyl adjacent to an activating group) is 2. The molecule has 0 bridgehead atoms. The smallest absolute Gasteiger partial charge is 0.241 e. The van der Waals surface area contributed by atoms with E-state index in [0.717, 1.165) is 26.4 Å². The summed E-state index contributed by atoms with van der Waals surface area (Å²) in [6.07, 6.45) is 0.313. The van der Waals surface area contributed by atoms with Crippen LogP contribution in [0.3, 0.4) is 0 Å². The van der Waals surface area contributed by atoms with Crippen molar-refractivity contribution in [2.24, 2.45) is 0 Å². The van der Waals surface area contributed by atoms with Crippen LogP contribution in [-0.2, 0) is 22.4 Å². The Morgan fingerprint density at radius 3 is 2.63 bits per heavy atom. The molecular weight excluding hydrogens is 464 g/mol. The minimum atomic E-state index is -0.341. The molecule has 2 amide bonds. The monoisotopic (exact) mass is 492 g/mol. The van der Waals surface area contributed by atoms with E-state index in [2.05, 4.69) is 50.1 Å². The lowest BCUT2D eigenvalue weighted by Crippen LogP contribution is -2.42. The number of rotatable bonds is 11. The zero-order valence-electron chi connectivity index (χ0n) is 19.8. The van der Waals surface area contributed by atoms with Crippen molar-refractivity contribution in [2.75, 3.05) is 33.2 Å². The van der Waals surface area contributed by atoms with E-state index in [1.165, 1.54) is 0 Å². The number of aromatic nitrogens is 3. The van der Waals surface area contributed by atoms with Gasteiger partial charge in [-0.2, -0.15) is 0 Å². The normalized spacial score (nSPS) is 11.0. The predicted octanol–water partition coefficient (Wildman–Crippen LogP) is 2.66. The Balaban J connectivity index is 1.32. The number of benzene rings is 2. The fourth-order valence-electron chi connectivity index (χ4n) is 3.61. The van der Waals surface area contributed by atoms with Crippen molar-refractivity contribution in [1.29, 1.82) is 0 Å². The van der Waals surface area contributed by atoms with Crippen molar-refractivity contribution in [3.63, 3.8) is 0 Å². The second kappa shape index (κ2) is 11.7. The largest absolute Gasteiger partial charge is 0.424 e. The van der Waals surface area contributed by atoms with Gasteiger partial charge in [-0.05, 0) is 37.2 Å². The fraction of sp³-hybridized carbons (Fsp3) is 0.320. The zero-order valence-corrected chi connectivity index (χ0v) is 20.6. The molecule has 0 aliphatic rings. The lowest BCUT2D eigenvalue weighted by molar-refractivity contribution is -0.132. The Bertz CT molecular complexity index is 1290. The maximum absolute atomic E-state index is 12.2. The SMILES string of the molecule is CCN(CCNC)C(=O)CNC(=O)Cc1nnc(Cc2nc3ccc(-c4ccccc4)cc3s2)o1. The van der Waals surface area contributed by atoms with Crippen molar-refractivity contribution >= 4 is 33.4 Å². The highest BCUT2D eigenvalue weighted by molar-refractivity contribution is 7.18. The van der Waals surface area contributed by atoms with Gasteiger partial charge in [-0.25, -0.2) is 4.98 Å². The van der Waals surface area contributed by atoms with Gasteiger partial charge in [0.2, 0.25) is 23.6 Å². The molecule has 10 heteroatoms. The molecule has 0 radical (unpaired) electrons. The molecule has 0 aliphatic heterocycles. The molecule has 0 unspecified atom stereocenters. The first kappa shape index (κ1) is 24.5. The molecule has 0 saturated heterocycles.